The molecule has 3 rings (SSSR count). The monoisotopic (exact) mass is 343 g/mol. The summed E-state index contributed by atoms with van der Waals surface area (Å²) in [6.07, 6.45) is 0.317. The molecule has 1 aromatic carbocycles. The lowest BCUT2D eigenvalue weighted by Gasteiger charge is -2.31. The summed E-state index contributed by atoms with van der Waals surface area (Å²) in [5.74, 6) is 0.777. The van der Waals surface area contributed by atoms with Crippen LogP contribution < -0.4 is 4.90 Å². The SMILES string of the molecule is Cc1noc(C)c1CC(=O)N(C)Cc1ccccc1N1CCOCC1. The van der Waals surface area contributed by atoms with Crippen molar-refractivity contribution in [3.05, 3.63) is 46.8 Å². The molecule has 0 unspecified atom stereocenters. The van der Waals surface area contributed by atoms with Gasteiger partial charge in [0.25, 0.3) is 0 Å². The summed E-state index contributed by atoms with van der Waals surface area (Å²) in [5.41, 5.74) is 4.01. The number of likely N-dealkylation sites (N-methyl/N-ethyl adjacent to an activating group) is 1. The van der Waals surface area contributed by atoms with Gasteiger partial charge in [-0.25, -0.2) is 0 Å². The van der Waals surface area contributed by atoms with Gasteiger partial charge in [0.2, 0.25) is 5.91 Å². The second kappa shape index (κ2) is 7.70. The highest BCUT2D eigenvalue weighted by molar-refractivity contribution is 5.79. The molecule has 6 heteroatoms. The van der Waals surface area contributed by atoms with Gasteiger partial charge in [-0.2, -0.15) is 0 Å². The summed E-state index contributed by atoms with van der Waals surface area (Å²) in [7, 11) is 1.84. The average molecular weight is 343 g/mol. The Morgan fingerprint density at radius 3 is 2.64 bits per heavy atom. The first-order chi connectivity index (χ1) is 12.1. The molecule has 1 fully saturated rings. The lowest BCUT2D eigenvalue weighted by molar-refractivity contribution is -0.129. The van der Waals surface area contributed by atoms with Crippen LogP contribution in [0.15, 0.2) is 28.8 Å². The van der Waals surface area contributed by atoms with Gasteiger partial charge in [0.05, 0.1) is 25.3 Å². The van der Waals surface area contributed by atoms with Crippen molar-refractivity contribution in [1.82, 2.24) is 10.1 Å². The number of para-hydroxylation sites is 1. The predicted molar refractivity (Wildman–Crippen MR) is 95.6 cm³/mol. The first kappa shape index (κ1) is 17.5. The van der Waals surface area contributed by atoms with Crippen LogP contribution in [0, 0.1) is 13.8 Å². The number of nitrogens with zero attached hydrogens (tertiary/aromatic N) is 3. The lowest BCUT2D eigenvalue weighted by atomic mass is 10.1. The van der Waals surface area contributed by atoms with E-state index in [1.54, 1.807) is 4.90 Å². The van der Waals surface area contributed by atoms with Gasteiger partial charge in [0, 0.05) is 37.9 Å². The molecule has 0 atom stereocenters. The Bertz CT molecular complexity index is 716. The van der Waals surface area contributed by atoms with Crippen LogP contribution in [-0.2, 0) is 22.5 Å². The van der Waals surface area contributed by atoms with Crippen LogP contribution in [0.2, 0.25) is 0 Å². The van der Waals surface area contributed by atoms with Crippen molar-refractivity contribution in [3.63, 3.8) is 0 Å². The van der Waals surface area contributed by atoms with E-state index in [9.17, 15) is 4.79 Å². The second-order valence-electron chi connectivity index (χ2n) is 6.46. The van der Waals surface area contributed by atoms with Gasteiger partial charge in [0.1, 0.15) is 5.76 Å². The number of aryl methyl sites for hydroxylation is 2. The van der Waals surface area contributed by atoms with Gasteiger partial charge in [-0.05, 0) is 25.5 Å². The van der Waals surface area contributed by atoms with Crippen LogP contribution in [0.1, 0.15) is 22.6 Å². The third-order valence-electron chi connectivity index (χ3n) is 4.69. The van der Waals surface area contributed by atoms with Crippen LogP contribution in [0.5, 0.6) is 0 Å². The molecule has 134 valence electrons. The maximum Gasteiger partial charge on any atom is 0.227 e. The van der Waals surface area contributed by atoms with Crippen LogP contribution >= 0.6 is 0 Å². The molecule has 0 spiro atoms. The minimum Gasteiger partial charge on any atom is -0.378 e. The van der Waals surface area contributed by atoms with Gasteiger partial charge >= 0.3 is 0 Å². The Kier molecular flexibility index (Phi) is 5.38. The number of hydrogen-bond acceptors (Lipinski definition) is 5. The Hall–Kier alpha value is -2.34. The van der Waals surface area contributed by atoms with E-state index < -0.39 is 0 Å². The number of morpholine rings is 1. The molecule has 25 heavy (non-hydrogen) atoms. The van der Waals surface area contributed by atoms with Gasteiger partial charge in [0.15, 0.2) is 0 Å². The first-order valence-electron chi connectivity index (χ1n) is 8.62. The van der Waals surface area contributed by atoms with E-state index in [1.807, 2.05) is 33.0 Å². The third-order valence-corrected chi connectivity index (χ3v) is 4.69. The molecule has 2 aromatic rings. The zero-order valence-electron chi connectivity index (χ0n) is 15.1. The van der Waals surface area contributed by atoms with E-state index in [1.165, 1.54) is 5.69 Å². The Balaban J connectivity index is 1.70. The van der Waals surface area contributed by atoms with Crippen molar-refractivity contribution in [1.29, 1.82) is 0 Å². The smallest absolute Gasteiger partial charge is 0.227 e. The number of benzene rings is 1. The topological polar surface area (TPSA) is 58.8 Å². The van der Waals surface area contributed by atoms with E-state index in [2.05, 4.69) is 22.2 Å². The summed E-state index contributed by atoms with van der Waals surface area (Å²) >= 11 is 0. The molecule has 1 amide bonds. The molecule has 1 aromatic heterocycles. The molecule has 1 saturated heterocycles. The summed E-state index contributed by atoms with van der Waals surface area (Å²) in [4.78, 5) is 16.7. The number of carbonyl (C=O) groups is 1. The standard InChI is InChI=1S/C19H25N3O3/c1-14-17(15(2)25-20-14)12-19(23)21(3)13-16-6-4-5-7-18(16)22-8-10-24-11-9-22/h4-7H,8-13H2,1-3H3. The predicted octanol–water partition coefficient (Wildman–Crippen LogP) is 2.33. The van der Waals surface area contributed by atoms with Crippen LogP contribution in [0.25, 0.3) is 0 Å². The van der Waals surface area contributed by atoms with Crippen molar-refractivity contribution in [3.8, 4) is 0 Å². The van der Waals surface area contributed by atoms with Gasteiger partial charge < -0.3 is 19.1 Å². The van der Waals surface area contributed by atoms with Crippen molar-refractivity contribution < 1.29 is 14.1 Å². The van der Waals surface area contributed by atoms with Gasteiger partial charge in [-0.3, -0.25) is 4.79 Å². The maximum absolute atomic E-state index is 12.6. The number of anilines is 1. The molecule has 1 aliphatic heterocycles. The molecule has 1 aliphatic rings. The molecule has 0 saturated carbocycles. The average Bonchev–Trinajstić information content (AvgIpc) is 2.95. The largest absolute Gasteiger partial charge is 0.378 e. The van der Waals surface area contributed by atoms with E-state index >= 15 is 0 Å². The molecule has 0 radical (unpaired) electrons. The number of hydrogen-bond donors (Lipinski definition) is 0. The van der Waals surface area contributed by atoms with Crippen LogP contribution in [-0.4, -0.2) is 49.3 Å². The van der Waals surface area contributed by atoms with Gasteiger partial charge in [-0.15, -0.1) is 0 Å². The zero-order valence-corrected chi connectivity index (χ0v) is 15.1. The quantitative estimate of drug-likeness (QED) is 0.834. The molecule has 2 heterocycles. The molecule has 0 N–H and O–H groups in total. The molecular formula is C19H25N3O3. The number of carbonyl (C=O) groups excluding carboxylic acids is 1. The summed E-state index contributed by atoms with van der Waals surface area (Å²) in [6.45, 7) is 7.55. The number of rotatable bonds is 5. The highest BCUT2D eigenvalue weighted by Crippen LogP contribution is 2.23. The Morgan fingerprint density at radius 1 is 1.24 bits per heavy atom. The summed E-state index contributed by atoms with van der Waals surface area (Å²) in [6, 6.07) is 8.27. The fraction of sp³-hybridized carbons (Fsp3) is 0.474. The Labute approximate surface area is 148 Å². The Morgan fingerprint density at radius 2 is 1.96 bits per heavy atom. The number of aromatic nitrogens is 1. The normalized spacial score (nSPS) is 14.6. The summed E-state index contributed by atoms with van der Waals surface area (Å²) in [5, 5.41) is 3.92. The minimum absolute atomic E-state index is 0.0613. The second-order valence-corrected chi connectivity index (χ2v) is 6.46. The summed E-state index contributed by atoms with van der Waals surface area (Å²) < 4.78 is 10.6. The zero-order chi connectivity index (χ0) is 17.8. The highest BCUT2D eigenvalue weighted by atomic mass is 16.5. The van der Waals surface area contributed by atoms with E-state index in [0.717, 1.165) is 43.1 Å². The fourth-order valence-electron chi connectivity index (χ4n) is 3.14. The fourth-order valence-corrected chi connectivity index (χ4v) is 3.14. The molecule has 0 bridgehead atoms. The maximum atomic E-state index is 12.6. The van der Waals surface area contributed by atoms with E-state index in [0.29, 0.717) is 18.7 Å². The van der Waals surface area contributed by atoms with Crippen molar-refractivity contribution in [2.75, 3.05) is 38.3 Å². The van der Waals surface area contributed by atoms with E-state index in [4.69, 9.17) is 9.26 Å². The third kappa shape index (κ3) is 4.02. The molecule has 0 aliphatic carbocycles. The molecular weight excluding hydrogens is 318 g/mol. The van der Waals surface area contributed by atoms with Gasteiger partial charge in [-0.1, -0.05) is 23.4 Å². The number of ether oxygens (including phenoxy) is 1. The van der Waals surface area contributed by atoms with Crippen molar-refractivity contribution in [2.24, 2.45) is 0 Å². The molecule has 6 nitrogen and oxygen atoms in total. The first-order valence-corrected chi connectivity index (χ1v) is 8.62. The number of amides is 1. The van der Waals surface area contributed by atoms with Crippen molar-refractivity contribution in [2.45, 2.75) is 26.8 Å². The minimum atomic E-state index is 0.0613. The lowest BCUT2D eigenvalue weighted by Crippen LogP contribution is -2.37. The van der Waals surface area contributed by atoms with Crippen molar-refractivity contribution >= 4 is 11.6 Å². The van der Waals surface area contributed by atoms with E-state index in [-0.39, 0.29) is 5.91 Å². The highest BCUT2D eigenvalue weighted by Gasteiger charge is 2.19. The van der Waals surface area contributed by atoms with Crippen LogP contribution in [0.4, 0.5) is 5.69 Å². The van der Waals surface area contributed by atoms with Crippen LogP contribution in [0.3, 0.4) is 0 Å².